The maximum atomic E-state index is 12.5. The van der Waals surface area contributed by atoms with E-state index in [0.717, 1.165) is 32.7 Å². The normalized spacial score (nSPS) is 18.7. The van der Waals surface area contributed by atoms with Gasteiger partial charge in [-0.05, 0) is 18.9 Å². The van der Waals surface area contributed by atoms with Crippen molar-refractivity contribution < 1.29 is 19.1 Å². The maximum Gasteiger partial charge on any atom is 0.326 e. The SMILES string of the molecule is O=C(CN1C(=O)NC2(CCCC2)C1=O)OCc1sc2ccccc2c1Cl. The van der Waals surface area contributed by atoms with Crippen molar-refractivity contribution in [1.82, 2.24) is 10.2 Å². The summed E-state index contributed by atoms with van der Waals surface area (Å²) in [7, 11) is 0. The summed E-state index contributed by atoms with van der Waals surface area (Å²) in [6, 6.07) is 7.15. The molecule has 1 spiro atoms. The second-order valence-corrected chi connectivity index (χ2v) is 8.12. The van der Waals surface area contributed by atoms with Crippen molar-refractivity contribution in [3.63, 3.8) is 0 Å². The van der Waals surface area contributed by atoms with E-state index in [4.69, 9.17) is 16.3 Å². The number of urea groups is 1. The number of fused-ring (bicyclic) bond motifs is 1. The Kier molecular flexibility index (Phi) is 4.36. The third-order valence-electron chi connectivity index (χ3n) is 4.96. The van der Waals surface area contributed by atoms with Gasteiger partial charge < -0.3 is 10.1 Å². The molecule has 1 aromatic heterocycles. The highest BCUT2D eigenvalue weighted by atomic mass is 35.5. The van der Waals surface area contributed by atoms with Crippen LogP contribution in [0.2, 0.25) is 5.02 Å². The van der Waals surface area contributed by atoms with E-state index in [9.17, 15) is 14.4 Å². The Hall–Kier alpha value is -2.12. The van der Waals surface area contributed by atoms with Gasteiger partial charge in [0.2, 0.25) is 0 Å². The molecule has 1 aromatic carbocycles. The Morgan fingerprint density at radius 1 is 1.27 bits per heavy atom. The van der Waals surface area contributed by atoms with Gasteiger partial charge in [-0.2, -0.15) is 0 Å². The summed E-state index contributed by atoms with van der Waals surface area (Å²) < 4.78 is 6.28. The number of carbonyl (C=O) groups is 3. The van der Waals surface area contributed by atoms with Crippen molar-refractivity contribution in [2.24, 2.45) is 0 Å². The minimum atomic E-state index is -0.813. The highest BCUT2D eigenvalue weighted by Crippen LogP contribution is 2.36. The van der Waals surface area contributed by atoms with Gasteiger partial charge in [-0.15, -0.1) is 11.3 Å². The molecule has 4 rings (SSSR count). The molecule has 1 aliphatic heterocycles. The number of hydrogen-bond donors (Lipinski definition) is 1. The number of benzene rings is 1. The number of nitrogens with zero attached hydrogens (tertiary/aromatic N) is 1. The van der Waals surface area contributed by atoms with Gasteiger partial charge in [0.05, 0.1) is 9.90 Å². The molecule has 2 aliphatic rings. The lowest BCUT2D eigenvalue weighted by Crippen LogP contribution is -2.44. The fraction of sp³-hybridized carbons (Fsp3) is 0.389. The molecule has 0 radical (unpaired) electrons. The molecule has 1 saturated heterocycles. The summed E-state index contributed by atoms with van der Waals surface area (Å²) in [5.41, 5.74) is -0.813. The summed E-state index contributed by atoms with van der Waals surface area (Å²) >= 11 is 7.79. The molecule has 0 bridgehead atoms. The summed E-state index contributed by atoms with van der Waals surface area (Å²) in [4.78, 5) is 38.5. The Balaban J connectivity index is 1.40. The fourth-order valence-electron chi connectivity index (χ4n) is 3.62. The van der Waals surface area contributed by atoms with Gasteiger partial charge in [-0.25, -0.2) is 4.79 Å². The van der Waals surface area contributed by atoms with Crippen molar-refractivity contribution in [1.29, 1.82) is 0 Å². The minimum Gasteiger partial charge on any atom is -0.459 e. The summed E-state index contributed by atoms with van der Waals surface area (Å²) in [5.74, 6) is -0.950. The molecule has 136 valence electrons. The molecule has 1 aliphatic carbocycles. The predicted octanol–water partition coefficient (Wildman–Crippen LogP) is 3.46. The van der Waals surface area contributed by atoms with Crippen LogP contribution < -0.4 is 5.32 Å². The van der Waals surface area contributed by atoms with Crippen molar-refractivity contribution >= 4 is 50.9 Å². The van der Waals surface area contributed by atoms with E-state index in [-0.39, 0.29) is 19.1 Å². The number of thiophene rings is 1. The first-order chi connectivity index (χ1) is 12.5. The van der Waals surface area contributed by atoms with E-state index in [2.05, 4.69) is 5.32 Å². The molecule has 26 heavy (non-hydrogen) atoms. The predicted molar refractivity (Wildman–Crippen MR) is 98.1 cm³/mol. The van der Waals surface area contributed by atoms with Crippen LogP contribution in [0.5, 0.6) is 0 Å². The first-order valence-corrected chi connectivity index (χ1v) is 9.65. The van der Waals surface area contributed by atoms with E-state index in [1.165, 1.54) is 11.3 Å². The second kappa shape index (κ2) is 6.55. The molecule has 0 unspecified atom stereocenters. The number of rotatable bonds is 4. The molecule has 3 amide bonds. The van der Waals surface area contributed by atoms with Crippen LogP contribution in [-0.4, -0.2) is 34.9 Å². The number of hydrogen-bond acceptors (Lipinski definition) is 5. The first kappa shape index (κ1) is 17.3. The van der Waals surface area contributed by atoms with Gasteiger partial charge in [0.25, 0.3) is 5.91 Å². The van der Waals surface area contributed by atoms with Crippen molar-refractivity contribution in [2.45, 2.75) is 37.8 Å². The number of imide groups is 1. The van der Waals surface area contributed by atoms with Crippen LogP contribution in [-0.2, 0) is 20.9 Å². The molecular formula is C18H17ClN2O4S. The largest absolute Gasteiger partial charge is 0.459 e. The molecule has 2 heterocycles. The topological polar surface area (TPSA) is 75.7 Å². The molecule has 6 nitrogen and oxygen atoms in total. The van der Waals surface area contributed by atoms with Crippen LogP contribution >= 0.6 is 22.9 Å². The van der Waals surface area contributed by atoms with E-state index in [1.807, 2.05) is 24.3 Å². The van der Waals surface area contributed by atoms with E-state index in [1.54, 1.807) is 0 Å². The van der Waals surface area contributed by atoms with Crippen LogP contribution in [0.4, 0.5) is 4.79 Å². The van der Waals surface area contributed by atoms with Gasteiger partial charge in [0.15, 0.2) is 0 Å². The zero-order valence-corrected chi connectivity index (χ0v) is 15.5. The molecule has 0 atom stereocenters. The summed E-state index contributed by atoms with van der Waals surface area (Å²) in [6.07, 6.45) is 3.05. The van der Waals surface area contributed by atoms with Gasteiger partial charge >= 0.3 is 12.0 Å². The number of nitrogens with one attached hydrogen (secondary N) is 1. The molecule has 1 saturated carbocycles. The van der Waals surface area contributed by atoms with Gasteiger partial charge in [0.1, 0.15) is 18.7 Å². The molecule has 2 aromatic rings. The average Bonchev–Trinajstić information content (AvgIpc) is 3.28. The minimum absolute atomic E-state index is 0.0196. The quantitative estimate of drug-likeness (QED) is 0.638. The third-order valence-corrected chi connectivity index (χ3v) is 6.64. The third kappa shape index (κ3) is 2.85. The Morgan fingerprint density at radius 2 is 2.00 bits per heavy atom. The fourth-order valence-corrected chi connectivity index (χ4v) is 5.02. The lowest BCUT2D eigenvalue weighted by atomic mass is 9.98. The molecule has 1 N–H and O–H groups in total. The first-order valence-electron chi connectivity index (χ1n) is 8.46. The Morgan fingerprint density at radius 3 is 2.73 bits per heavy atom. The molecule has 8 heteroatoms. The molecular weight excluding hydrogens is 376 g/mol. The zero-order chi connectivity index (χ0) is 18.3. The van der Waals surface area contributed by atoms with E-state index >= 15 is 0 Å². The Bertz CT molecular complexity index is 904. The maximum absolute atomic E-state index is 12.5. The van der Waals surface area contributed by atoms with Crippen molar-refractivity contribution in [3.8, 4) is 0 Å². The van der Waals surface area contributed by atoms with E-state index < -0.39 is 17.5 Å². The van der Waals surface area contributed by atoms with Crippen LogP contribution in [0.3, 0.4) is 0 Å². The van der Waals surface area contributed by atoms with Crippen LogP contribution in [0.1, 0.15) is 30.6 Å². The van der Waals surface area contributed by atoms with Gasteiger partial charge in [0, 0.05) is 10.1 Å². The molecule has 2 fully saturated rings. The smallest absolute Gasteiger partial charge is 0.326 e. The van der Waals surface area contributed by atoms with Crippen molar-refractivity contribution in [3.05, 3.63) is 34.2 Å². The van der Waals surface area contributed by atoms with Crippen LogP contribution in [0.15, 0.2) is 24.3 Å². The van der Waals surface area contributed by atoms with Crippen molar-refractivity contribution in [2.75, 3.05) is 6.54 Å². The number of ether oxygens (including phenoxy) is 1. The number of carbonyl (C=O) groups excluding carboxylic acids is 3. The van der Waals surface area contributed by atoms with Crippen LogP contribution in [0.25, 0.3) is 10.1 Å². The highest BCUT2D eigenvalue weighted by molar-refractivity contribution is 7.19. The lowest BCUT2D eigenvalue weighted by molar-refractivity contribution is -0.148. The number of halogens is 1. The van der Waals surface area contributed by atoms with Gasteiger partial charge in [-0.3, -0.25) is 14.5 Å². The summed E-state index contributed by atoms with van der Waals surface area (Å²) in [6.45, 7) is -0.360. The zero-order valence-electron chi connectivity index (χ0n) is 13.9. The van der Waals surface area contributed by atoms with E-state index in [0.29, 0.717) is 17.9 Å². The van der Waals surface area contributed by atoms with Gasteiger partial charge in [-0.1, -0.05) is 42.6 Å². The number of esters is 1. The average molecular weight is 393 g/mol. The lowest BCUT2D eigenvalue weighted by Gasteiger charge is -2.19. The highest BCUT2D eigenvalue weighted by Gasteiger charge is 2.52. The Labute approximate surface area is 159 Å². The van der Waals surface area contributed by atoms with Crippen LogP contribution in [0, 0.1) is 0 Å². The standard InChI is InChI=1S/C18H17ClN2O4S/c19-15-11-5-1-2-6-12(11)26-13(15)10-25-14(22)9-21-16(23)18(20-17(21)24)7-3-4-8-18/h1-2,5-6H,3-4,7-10H2,(H,20,24). The second-order valence-electron chi connectivity index (χ2n) is 6.61. The summed E-state index contributed by atoms with van der Waals surface area (Å²) in [5, 5.41) is 4.23. The monoisotopic (exact) mass is 392 g/mol. The number of amides is 3.